The van der Waals surface area contributed by atoms with E-state index < -0.39 is 11.7 Å². The summed E-state index contributed by atoms with van der Waals surface area (Å²) in [6, 6.07) is 11.3. The molecule has 3 N–H and O–H groups in total. The van der Waals surface area contributed by atoms with E-state index in [1.54, 1.807) is 24.4 Å². The second kappa shape index (κ2) is 6.72. The number of hydrogen-bond donors (Lipinski definition) is 2. The molecular weight excluding hydrogens is 333 g/mol. The number of benzene rings is 2. The number of rotatable bonds is 5. The zero-order valence-electron chi connectivity index (χ0n) is 12.4. The third-order valence-corrected chi connectivity index (χ3v) is 3.58. The number of nitrogens with zero attached hydrogens (tertiary/aromatic N) is 1. The predicted octanol–water partition coefficient (Wildman–Crippen LogP) is 3.85. The number of carbonyl (C=O) groups is 1. The first-order valence-corrected chi connectivity index (χ1v) is 7.44. The number of oxazole rings is 1. The minimum Gasteiger partial charge on any atom is -0.439 e. The topological polar surface area (TPSA) is 81.2 Å². The lowest BCUT2D eigenvalue weighted by Gasteiger charge is -2.05. The van der Waals surface area contributed by atoms with Gasteiger partial charge in [0.15, 0.2) is 5.76 Å². The van der Waals surface area contributed by atoms with Crippen molar-refractivity contribution in [2.75, 3.05) is 5.32 Å². The number of amides is 1. The maximum atomic E-state index is 13.7. The Hall–Kier alpha value is -2.86. The summed E-state index contributed by atoms with van der Waals surface area (Å²) in [5.41, 5.74) is 6.22. The first kappa shape index (κ1) is 16.0. The van der Waals surface area contributed by atoms with Crippen LogP contribution in [0, 0.1) is 5.82 Å². The molecule has 5 nitrogen and oxygen atoms in total. The van der Waals surface area contributed by atoms with Gasteiger partial charge in [0.25, 0.3) is 5.91 Å². The number of halogens is 2. The molecule has 7 heteroatoms. The average Bonchev–Trinajstić information content (AvgIpc) is 3.01. The summed E-state index contributed by atoms with van der Waals surface area (Å²) in [6.45, 7) is 0.260. The lowest BCUT2D eigenvalue weighted by molar-refractivity contribution is 0.0996. The molecule has 0 fully saturated rings. The molecule has 0 bridgehead atoms. The standard InChI is InChI=1S/C17H13ClFN3O2/c18-11-3-1-2-10(6-11)15-8-22-16(24-15)9-21-12-4-5-13(17(20)23)14(19)7-12/h1-8,21H,9H2,(H2,20,23). The van der Waals surface area contributed by atoms with Gasteiger partial charge < -0.3 is 15.5 Å². The number of nitrogens with one attached hydrogen (secondary N) is 1. The molecule has 0 aliphatic heterocycles. The van der Waals surface area contributed by atoms with Gasteiger partial charge in [0.2, 0.25) is 5.89 Å². The summed E-state index contributed by atoms with van der Waals surface area (Å²) >= 11 is 5.95. The van der Waals surface area contributed by atoms with E-state index in [9.17, 15) is 9.18 Å². The molecule has 0 spiro atoms. The second-order valence-corrected chi connectivity index (χ2v) is 5.48. The molecule has 0 atom stereocenters. The van der Waals surface area contributed by atoms with Gasteiger partial charge in [-0.25, -0.2) is 9.37 Å². The molecule has 1 aromatic heterocycles. The lowest BCUT2D eigenvalue weighted by Crippen LogP contribution is -2.13. The van der Waals surface area contributed by atoms with Gasteiger partial charge in [0, 0.05) is 16.3 Å². The first-order valence-electron chi connectivity index (χ1n) is 7.07. The Morgan fingerprint density at radius 2 is 2.12 bits per heavy atom. The molecule has 3 rings (SSSR count). The number of aromatic nitrogens is 1. The van der Waals surface area contributed by atoms with Crippen LogP contribution in [0.3, 0.4) is 0 Å². The number of anilines is 1. The Labute approximate surface area is 142 Å². The van der Waals surface area contributed by atoms with Gasteiger partial charge >= 0.3 is 0 Å². The van der Waals surface area contributed by atoms with Crippen molar-refractivity contribution in [2.45, 2.75) is 6.54 Å². The molecule has 1 amide bonds. The van der Waals surface area contributed by atoms with Crippen molar-refractivity contribution in [1.29, 1.82) is 0 Å². The average molecular weight is 346 g/mol. The van der Waals surface area contributed by atoms with Crippen LogP contribution in [0.15, 0.2) is 53.1 Å². The predicted molar refractivity (Wildman–Crippen MR) is 89.2 cm³/mol. The SMILES string of the molecule is NC(=O)c1ccc(NCc2ncc(-c3cccc(Cl)c3)o2)cc1F. The van der Waals surface area contributed by atoms with Crippen LogP contribution in [-0.2, 0) is 6.54 Å². The molecule has 2 aromatic carbocycles. The molecule has 1 heterocycles. The number of primary amides is 1. The van der Waals surface area contributed by atoms with Crippen molar-refractivity contribution >= 4 is 23.2 Å². The molecule has 0 saturated carbocycles. The van der Waals surface area contributed by atoms with Gasteiger partial charge in [-0.05, 0) is 30.3 Å². The molecule has 24 heavy (non-hydrogen) atoms. The monoisotopic (exact) mass is 345 g/mol. The van der Waals surface area contributed by atoms with Gasteiger partial charge in [-0.15, -0.1) is 0 Å². The minimum absolute atomic E-state index is 0.153. The number of carbonyl (C=O) groups excluding carboxylic acids is 1. The van der Waals surface area contributed by atoms with Crippen LogP contribution in [-0.4, -0.2) is 10.9 Å². The van der Waals surface area contributed by atoms with Crippen molar-refractivity contribution in [3.63, 3.8) is 0 Å². The van der Waals surface area contributed by atoms with Crippen LogP contribution >= 0.6 is 11.6 Å². The van der Waals surface area contributed by atoms with Crippen LogP contribution in [0.2, 0.25) is 5.02 Å². The Bertz CT molecular complexity index is 895. The van der Waals surface area contributed by atoms with E-state index in [1.165, 1.54) is 12.1 Å². The van der Waals surface area contributed by atoms with Crippen molar-refractivity contribution in [3.05, 3.63) is 71.0 Å². The zero-order valence-corrected chi connectivity index (χ0v) is 13.2. The molecule has 0 radical (unpaired) electrons. The van der Waals surface area contributed by atoms with Gasteiger partial charge in [-0.2, -0.15) is 0 Å². The van der Waals surface area contributed by atoms with Crippen LogP contribution in [0.5, 0.6) is 0 Å². The van der Waals surface area contributed by atoms with E-state index in [0.717, 1.165) is 5.56 Å². The second-order valence-electron chi connectivity index (χ2n) is 5.04. The van der Waals surface area contributed by atoms with E-state index in [4.69, 9.17) is 21.8 Å². The molecule has 0 aliphatic rings. The summed E-state index contributed by atoms with van der Waals surface area (Å²) in [4.78, 5) is 15.2. The highest BCUT2D eigenvalue weighted by atomic mass is 35.5. The zero-order chi connectivity index (χ0) is 17.1. The highest BCUT2D eigenvalue weighted by molar-refractivity contribution is 6.30. The quantitative estimate of drug-likeness (QED) is 0.736. The fourth-order valence-corrected chi connectivity index (χ4v) is 2.36. The Kier molecular flexibility index (Phi) is 4.48. The van der Waals surface area contributed by atoms with Crippen LogP contribution < -0.4 is 11.1 Å². The summed E-state index contributed by atoms with van der Waals surface area (Å²) < 4.78 is 19.3. The highest BCUT2D eigenvalue weighted by Gasteiger charge is 2.10. The Morgan fingerprint density at radius 1 is 1.29 bits per heavy atom. The van der Waals surface area contributed by atoms with Gasteiger partial charge in [-0.1, -0.05) is 23.7 Å². The van der Waals surface area contributed by atoms with Crippen LogP contribution in [0.1, 0.15) is 16.2 Å². The minimum atomic E-state index is -0.807. The molecule has 0 saturated heterocycles. The smallest absolute Gasteiger partial charge is 0.251 e. The molecular formula is C17H13ClFN3O2. The lowest BCUT2D eigenvalue weighted by atomic mass is 10.2. The maximum Gasteiger partial charge on any atom is 0.251 e. The van der Waals surface area contributed by atoms with E-state index >= 15 is 0 Å². The summed E-state index contributed by atoms with van der Waals surface area (Å²) in [5.74, 6) is -0.466. The third-order valence-electron chi connectivity index (χ3n) is 3.34. The van der Waals surface area contributed by atoms with Crippen molar-refractivity contribution in [3.8, 4) is 11.3 Å². The molecule has 0 unspecified atom stereocenters. The van der Waals surface area contributed by atoms with E-state index in [0.29, 0.717) is 22.4 Å². The largest absolute Gasteiger partial charge is 0.439 e. The number of nitrogens with two attached hydrogens (primary N) is 1. The van der Waals surface area contributed by atoms with E-state index in [-0.39, 0.29) is 12.1 Å². The van der Waals surface area contributed by atoms with Crippen molar-refractivity contribution < 1.29 is 13.6 Å². The van der Waals surface area contributed by atoms with E-state index in [1.807, 2.05) is 12.1 Å². The fourth-order valence-electron chi connectivity index (χ4n) is 2.17. The third kappa shape index (κ3) is 3.55. The fraction of sp³-hybridized carbons (Fsp3) is 0.0588. The van der Waals surface area contributed by atoms with Crippen molar-refractivity contribution in [1.82, 2.24) is 4.98 Å². The summed E-state index contributed by atoms with van der Waals surface area (Å²) in [7, 11) is 0. The number of hydrogen-bond acceptors (Lipinski definition) is 4. The van der Waals surface area contributed by atoms with E-state index in [2.05, 4.69) is 10.3 Å². The van der Waals surface area contributed by atoms with Crippen molar-refractivity contribution in [2.24, 2.45) is 5.73 Å². The van der Waals surface area contributed by atoms with Gasteiger partial charge in [-0.3, -0.25) is 4.79 Å². The Balaban J connectivity index is 1.70. The van der Waals surface area contributed by atoms with Gasteiger partial charge in [0.1, 0.15) is 5.82 Å². The first-order chi connectivity index (χ1) is 11.5. The van der Waals surface area contributed by atoms with Crippen LogP contribution in [0.4, 0.5) is 10.1 Å². The normalized spacial score (nSPS) is 10.6. The maximum absolute atomic E-state index is 13.7. The van der Waals surface area contributed by atoms with Crippen LogP contribution in [0.25, 0.3) is 11.3 Å². The Morgan fingerprint density at radius 3 is 2.83 bits per heavy atom. The summed E-state index contributed by atoms with van der Waals surface area (Å²) in [6.07, 6.45) is 1.60. The molecule has 0 aliphatic carbocycles. The molecule has 122 valence electrons. The summed E-state index contributed by atoms with van der Waals surface area (Å²) in [5, 5.41) is 3.57. The van der Waals surface area contributed by atoms with Gasteiger partial charge in [0.05, 0.1) is 18.3 Å². The molecule has 3 aromatic rings. The highest BCUT2D eigenvalue weighted by Crippen LogP contribution is 2.24.